The summed E-state index contributed by atoms with van der Waals surface area (Å²) in [5, 5.41) is 9.88. The zero-order chi connectivity index (χ0) is 11.2. The molecule has 0 amide bonds. The molecule has 0 atom stereocenters. The number of nitrogens with one attached hydrogen (secondary N) is 2. The molecule has 6 heteroatoms. The monoisotopic (exact) mass is 218 g/mol. The Balaban J connectivity index is 1.72. The fraction of sp³-hybridized carbons (Fsp3) is 0.300. The van der Waals surface area contributed by atoms with Gasteiger partial charge >= 0.3 is 0 Å². The van der Waals surface area contributed by atoms with Crippen molar-refractivity contribution in [2.24, 2.45) is 0 Å². The van der Waals surface area contributed by atoms with Gasteiger partial charge in [0.05, 0.1) is 0 Å². The van der Waals surface area contributed by atoms with Crippen LogP contribution in [0.3, 0.4) is 0 Å². The Morgan fingerprint density at radius 2 is 2.31 bits per heavy atom. The van der Waals surface area contributed by atoms with Crippen LogP contribution in [0, 0.1) is 0 Å². The Morgan fingerprint density at radius 3 is 3.06 bits per heavy atom. The zero-order valence-electron chi connectivity index (χ0n) is 8.85. The number of aryl methyl sites for hydroxylation is 1. The summed E-state index contributed by atoms with van der Waals surface area (Å²) >= 11 is 0. The largest absolute Gasteiger partial charge is 0.385 e. The van der Waals surface area contributed by atoms with Crippen LogP contribution < -0.4 is 11.1 Å². The molecule has 16 heavy (non-hydrogen) atoms. The molecule has 2 heterocycles. The van der Waals surface area contributed by atoms with Crippen molar-refractivity contribution < 1.29 is 0 Å². The average Bonchev–Trinajstić information content (AvgIpc) is 2.77. The molecule has 2 rings (SSSR count). The maximum Gasteiger partial charge on any atom is 0.137 e. The SMILES string of the molecule is Nc1cc(NCCCc2ncn[nH]2)ccn1. The first-order valence-corrected chi connectivity index (χ1v) is 5.14. The summed E-state index contributed by atoms with van der Waals surface area (Å²) in [7, 11) is 0. The number of aromatic nitrogens is 4. The van der Waals surface area contributed by atoms with Crippen molar-refractivity contribution in [1.82, 2.24) is 20.2 Å². The minimum Gasteiger partial charge on any atom is -0.385 e. The van der Waals surface area contributed by atoms with Gasteiger partial charge in [-0.1, -0.05) is 0 Å². The lowest BCUT2D eigenvalue weighted by molar-refractivity contribution is 0.806. The summed E-state index contributed by atoms with van der Waals surface area (Å²) in [6, 6.07) is 3.71. The van der Waals surface area contributed by atoms with Crippen LogP contribution >= 0.6 is 0 Å². The van der Waals surface area contributed by atoms with E-state index in [0.29, 0.717) is 5.82 Å². The highest BCUT2D eigenvalue weighted by molar-refractivity contribution is 5.49. The molecule has 0 saturated carbocycles. The van der Waals surface area contributed by atoms with E-state index >= 15 is 0 Å². The smallest absolute Gasteiger partial charge is 0.137 e. The van der Waals surface area contributed by atoms with Crippen molar-refractivity contribution >= 4 is 11.5 Å². The average molecular weight is 218 g/mol. The second-order valence-corrected chi connectivity index (χ2v) is 3.43. The molecule has 0 aliphatic heterocycles. The number of hydrogen-bond acceptors (Lipinski definition) is 5. The maximum atomic E-state index is 5.57. The summed E-state index contributed by atoms with van der Waals surface area (Å²) in [5.41, 5.74) is 6.56. The highest BCUT2D eigenvalue weighted by atomic mass is 15.2. The second-order valence-electron chi connectivity index (χ2n) is 3.43. The van der Waals surface area contributed by atoms with Crippen LogP contribution in [0.2, 0.25) is 0 Å². The van der Waals surface area contributed by atoms with E-state index in [1.807, 2.05) is 12.1 Å². The molecular formula is C10H14N6. The number of nitrogens with two attached hydrogens (primary N) is 1. The molecule has 0 unspecified atom stereocenters. The summed E-state index contributed by atoms with van der Waals surface area (Å²) in [6.45, 7) is 0.865. The summed E-state index contributed by atoms with van der Waals surface area (Å²) in [6.07, 6.45) is 5.07. The van der Waals surface area contributed by atoms with Crippen molar-refractivity contribution in [2.75, 3.05) is 17.6 Å². The normalized spacial score (nSPS) is 10.2. The minimum atomic E-state index is 0.528. The minimum absolute atomic E-state index is 0.528. The standard InChI is InChI=1S/C10H14N6/c11-9-6-8(3-5-13-9)12-4-1-2-10-14-7-15-16-10/h3,5-7H,1-2,4H2,(H3,11,12,13)(H,14,15,16). The van der Waals surface area contributed by atoms with E-state index in [0.717, 1.165) is 30.9 Å². The molecule has 4 N–H and O–H groups in total. The second kappa shape index (κ2) is 5.11. The highest BCUT2D eigenvalue weighted by Gasteiger charge is 1.96. The Hall–Kier alpha value is -2.11. The third kappa shape index (κ3) is 2.94. The third-order valence-corrected chi connectivity index (χ3v) is 2.17. The summed E-state index contributed by atoms with van der Waals surface area (Å²) < 4.78 is 0. The molecule has 2 aromatic rings. The zero-order valence-corrected chi connectivity index (χ0v) is 8.85. The molecule has 0 bridgehead atoms. The number of anilines is 2. The van der Waals surface area contributed by atoms with Crippen molar-refractivity contribution in [2.45, 2.75) is 12.8 Å². The third-order valence-electron chi connectivity index (χ3n) is 2.17. The van der Waals surface area contributed by atoms with Gasteiger partial charge in [-0.25, -0.2) is 9.97 Å². The van der Waals surface area contributed by atoms with E-state index in [-0.39, 0.29) is 0 Å². The van der Waals surface area contributed by atoms with Gasteiger partial charge in [0.15, 0.2) is 0 Å². The summed E-state index contributed by atoms with van der Waals surface area (Å²) in [5.74, 6) is 1.44. The molecule has 2 aromatic heterocycles. The van der Waals surface area contributed by atoms with E-state index < -0.39 is 0 Å². The van der Waals surface area contributed by atoms with Gasteiger partial charge in [0.1, 0.15) is 18.0 Å². The lowest BCUT2D eigenvalue weighted by atomic mass is 10.3. The topological polar surface area (TPSA) is 92.5 Å². The number of nitrogens with zero attached hydrogens (tertiary/aromatic N) is 3. The van der Waals surface area contributed by atoms with Gasteiger partial charge in [-0.05, 0) is 12.5 Å². The van der Waals surface area contributed by atoms with Gasteiger partial charge in [-0.3, -0.25) is 5.10 Å². The first-order chi connectivity index (χ1) is 7.84. The molecule has 84 valence electrons. The van der Waals surface area contributed by atoms with Gasteiger partial charge in [0.25, 0.3) is 0 Å². The lowest BCUT2D eigenvalue weighted by Gasteiger charge is -2.05. The van der Waals surface area contributed by atoms with Crippen LogP contribution in [0.4, 0.5) is 11.5 Å². The maximum absolute atomic E-state index is 5.57. The van der Waals surface area contributed by atoms with E-state index in [2.05, 4.69) is 25.5 Å². The van der Waals surface area contributed by atoms with Gasteiger partial charge in [-0.2, -0.15) is 5.10 Å². The van der Waals surface area contributed by atoms with Gasteiger partial charge < -0.3 is 11.1 Å². The van der Waals surface area contributed by atoms with Crippen molar-refractivity contribution in [3.63, 3.8) is 0 Å². The Kier molecular flexibility index (Phi) is 3.32. The van der Waals surface area contributed by atoms with Crippen LogP contribution in [0.1, 0.15) is 12.2 Å². The number of aromatic amines is 1. The number of rotatable bonds is 5. The molecular weight excluding hydrogens is 204 g/mol. The Labute approximate surface area is 93.3 Å². The van der Waals surface area contributed by atoms with Gasteiger partial charge in [-0.15, -0.1) is 0 Å². The molecule has 0 aromatic carbocycles. The fourth-order valence-electron chi connectivity index (χ4n) is 1.40. The van der Waals surface area contributed by atoms with Crippen LogP contribution in [0.25, 0.3) is 0 Å². The first kappa shape index (κ1) is 10.4. The van der Waals surface area contributed by atoms with Crippen LogP contribution in [0.15, 0.2) is 24.7 Å². The van der Waals surface area contributed by atoms with E-state index in [9.17, 15) is 0 Å². The summed E-state index contributed by atoms with van der Waals surface area (Å²) in [4.78, 5) is 7.97. The van der Waals surface area contributed by atoms with Crippen LogP contribution in [-0.4, -0.2) is 26.7 Å². The number of hydrogen-bond donors (Lipinski definition) is 3. The van der Waals surface area contributed by atoms with Crippen molar-refractivity contribution in [1.29, 1.82) is 0 Å². The van der Waals surface area contributed by atoms with Crippen molar-refractivity contribution in [3.05, 3.63) is 30.5 Å². The molecule has 0 saturated heterocycles. The first-order valence-electron chi connectivity index (χ1n) is 5.14. The van der Waals surface area contributed by atoms with E-state index in [1.165, 1.54) is 6.33 Å². The molecule has 0 aliphatic carbocycles. The Morgan fingerprint density at radius 1 is 1.38 bits per heavy atom. The molecule has 0 fully saturated rings. The highest BCUT2D eigenvalue weighted by Crippen LogP contribution is 2.08. The van der Waals surface area contributed by atoms with Crippen LogP contribution in [-0.2, 0) is 6.42 Å². The van der Waals surface area contributed by atoms with Gasteiger partial charge in [0, 0.05) is 30.9 Å². The number of H-pyrrole nitrogens is 1. The Bertz CT molecular complexity index is 425. The predicted molar refractivity (Wildman–Crippen MR) is 61.8 cm³/mol. The van der Waals surface area contributed by atoms with E-state index in [1.54, 1.807) is 6.20 Å². The number of pyridine rings is 1. The van der Waals surface area contributed by atoms with E-state index in [4.69, 9.17) is 5.73 Å². The molecule has 0 aliphatic rings. The van der Waals surface area contributed by atoms with Gasteiger partial charge in [0.2, 0.25) is 0 Å². The quantitative estimate of drug-likeness (QED) is 0.646. The molecule has 0 spiro atoms. The lowest BCUT2D eigenvalue weighted by Crippen LogP contribution is -2.04. The predicted octanol–water partition coefficient (Wildman–Crippen LogP) is 0.827. The molecule has 0 radical (unpaired) electrons. The van der Waals surface area contributed by atoms with Crippen molar-refractivity contribution in [3.8, 4) is 0 Å². The molecule has 6 nitrogen and oxygen atoms in total. The van der Waals surface area contributed by atoms with Crippen LogP contribution in [0.5, 0.6) is 0 Å². The fourth-order valence-corrected chi connectivity index (χ4v) is 1.40. The number of nitrogen functional groups attached to an aromatic ring is 1.